The van der Waals surface area contributed by atoms with E-state index in [2.05, 4.69) is 5.32 Å². The van der Waals surface area contributed by atoms with Gasteiger partial charge in [0.15, 0.2) is 0 Å². The van der Waals surface area contributed by atoms with Crippen LogP contribution in [-0.2, 0) is 9.05 Å². The molecule has 1 N–H and O–H groups in total. The molecule has 1 unspecified atom stereocenters. The van der Waals surface area contributed by atoms with Crippen LogP contribution in [0.3, 0.4) is 0 Å². The largest absolute Gasteiger partial charge is 0.350 e. The van der Waals surface area contributed by atoms with Crippen molar-refractivity contribution >= 4 is 25.6 Å². The number of halogens is 1. The van der Waals surface area contributed by atoms with Crippen LogP contribution in [0.4, 0.5) is 0 Å². The Kier molecular flexibility index (Phi) is 4.98. The highest BCUT2D eigenvalue weighted by atomic mass is 35.7. The third-order valence-corrected chi connectivity index (χ3v) is 4.49. The highest BCUT2D eigenvalue weighted by molar-refractivity contribution is 8.13. The van der Waals surface area contributed by atoms with Crippen LogP contribution in [0.25, 0.3) is 0 Å². The molecular weight excluding hydrogens is 286 g/mol. The summed E-state index contributed by atoms with van der Waals surface area (Å²) in [5.74, 6) is -0.280. The van der Waals surface area contributed by atoms with Gasteiger partial charge in [0.2, 0.25) is 0 Å². The van der Waals surface area contributed by atoms with E-state index >= 15 is 0 Å². The van der Waals surface area contributed by atoms with Gasteiger partial charge >= 0.3 is 0 Å². The van der Waals surface area contributed by atoms with Crippen LogP contribution in [0.2, 0.25) is 0 Å². The van der Waals surface area contributed by atoms with Gasteiger partial charge in [0.05, 0.1) is 4.90 Å². The topological polar surface area (TPSA) is 63.2 Å². The third-order valence-electron chi connectivity index (χ3n) is 3.16. The summed E-state index contributed by atoms with van der Waals surface area (Å²) < 4.78 is 22.8. The smallest absolute Gasteiger partial charge is 0.261 e. The van der Waals surface area contributed by atoms with Gasteiger partial charge in [-0.3, -0.25) is 4.79 Å². The van der Waals surface area contributed by atoms with E-state index in [1.807, 2.05) is 13.8 Å². The summed E-state index contributed by atoms with van der Waals surface area (Å²) in [5.41, 5.74) is 1.82. The van der Waals surface area contributed by atoms with Crippen LogP contribution >= 0.6 is 10.7 Å². The van der Waals surface area contributed by atoms with Gasteiger partial charge in [-0.25, -0.2) is 8.42 Å². The standard InChI is InChI=1S/C13H18ClNO3S/c1-5-9(3)15-13(16)12-7-11(19(14,17)18)6-8(2)10(12)4/h6-7,9H,5H2,1-4H3,(H,15,16). The Hall–Kier alpha value is -1.07. The lowest BCUT2D eigenvalue weighted by Crippen LogP contribution is -2.32. The van der Waals surface area contributed by atoms with Gasteiger partial charge < -0.3 is 5.32 Å². The second-order valence-corrected chi connectivity index (χ2v) is 7.20. The molecule has 1 amide bonds. The molecule has 19 heavy (non-hydrogen) atoms. The molecule has 1 atom stereocenters. The predicted octanol–water partition coefficient (Wildman–Crippen LogP) is 2.76. The molecule has 0 radical (unpaired) electrons. The Balaban J connectivity index is 3.27. The number of carbonyl (C=O) groups is 1. The average Bonchev–Trinajstić information content (AvgIpc) is 2.30. The number of benzene rings is 1. The van der Waals surface area contributed by atoms with Gasteiger partial charge in [0.1, 0.15) is 0 Å². The van der Waals surface area contributed by atoms with E-state index in [0.717, 1.165) is 17.5 Å². The maximum Gasteiger partial charge on any atom is 0.261 e. The van der Waals surface area contributed by atoms with Crippen LogP contribution in [-0.4, -0.2) is 20.4 Å². The summed E-state index contributed by atoms with van der Waals surface area (Å²) in [6.07, 6.45) is 0.803. The predicted molar refractivity (Wildman–Crippen MR) is 76.2 cm³/mol. The minimum Gasteiger partial charge on any atom is -0.350 e. The summed E-state index contributed by atoms with van der Waals surface area (Å²) in [6, 6.07) is 2.82. The van der Waals surface area contributed by atoms with Crippen molar-refractivity contribution in [1.82, 2.24) is 5.32 Å². The molecule has 0 aromatic heterocycles. The number of aryl methyl sites for hydroxylation is 1. The van der Waals surface area contributed by atoms with Gasteiger partial charge in [-0.05, 0) is 50.5 Å². The van der Waals surface area contributed by atoms with Crippen molar-refractivity contribution in [2.24, 2.45) is 0 Å². The first kappa shape index (κ1) is 16.0. The molecule has 0 spiro atoms. The fourth-order valence-electron chi connectivity index (χ4n) is 1.61. The maximum absolute atomic E-state index is 12.1. The molecule has 4 nitrogen and oxygen atoms in total. The lowest BCUT2D eigenvalue weighted by molar-refractivity contribution is 0.0938. The lowest BCUT2D eigenvalue weighted by Gasteiger charge is -2.14. The first-order valence-electron chi connectivity index (χ1n) is 6.03. The minimum atomic E-state index is -3.84. The van der Waals surface area contributed by atoms with Crippen LogP contribution in [0.5, 0.6) is 0 Å². The molecule has 6 heteroatoms. The second kappa shape index (κ2) is 5.92. The SMILES string of the molecule is CCC(C)NC(=O)c1cc(S(=O)(=O)Cl)cc(C)c1C. The summed E-state index contributed by atoms with van der Waals surface area (Å²) in [5, 5.41) is 2.82. The van der Waals surface area contributed by atoms with Crippen molar-refractivity contribution in [3.05, 3.63) is 28.8 Å². The van der Waals surface area contributed by atoms with E-state index < -0.39 is 9.05 Å². The quantitative estimate of drug-likeness (QED) is 0.870. The Bertz CT molecular complexity index is 596. The summed E-state index contributed by atoms with van der Waals surface area (Å²) in [4.78, 5) is 12.1. The van der Waals surface area contributed by atoms with Gasteiger partial charge in [-0.15, -0.1) is 0 Å². The zero-order valence-corrected chi connectivity index (χ0v) is 13.0. The number of hydrogen-bond donors (Lipinski definition) is 1. The van der Waals surface area contributed by atoms with E-state index in [-0.39, 0.29) is 16.8 Å². The molecule has 0 aliphatic carbocycles. The van der Waals surface area contributed by atoms with E-state index in [1.54, 1.807) is 13.8 Å². The molecule has 1 rings (SSSR count). The van der Waals surface area contributed by atoms with E-state index in [9.17, 15) is 13.2 Å². The summed E-state index contributed by atoms with van der Waals surface area (Å²) in [7, 11) is 1.49. The zero-order chi connectivity index (χ0) is 14.8. The van der Waals surface area contributed by atoms with Crippen molar-refractivity contribution in [3.8, 4) is 0 Å². The maximum atomic E-state index is 12.1. The normalized spacial score (nSPS) is 13.1. The van der Waals surface area contributed by atoms with Gasteiger partial charge in [-0.2, -0.15) is 0 Å². The van der Waals surface area contributed by atoms with E-state index in [0.29, 0.717) is 5.56 Å². The molecule has 0 bridgehead atoms. The van der Waals surface area contributed by atoms with Gasteiger partial charge in [0.25, 0.3) is 15.0 Å². The minimum absolute atomic E-state index is 0.0310. The highest BCUT2D eigenvalue weighted by Crippen LogP contribution is 2.22. The highest BCUT2D eigenvalue weighted by Gasteiger charge is 2.18. The van der Waals surface area contributed by atoms with E-state index in [4.69, 9.17) is 10.7 Å². The molecule has 0 fully saturated rings. The van der Waals surface area contributed by atoms with Gasteiger partial charge in [0, 0.05) is 22.3 Å². The third kappa shape index (κ3) is 3.94. The molecular formula is C13H18ClNO3S. The lowest BCUT2D eigenvalue weighted by atomic mass is 10.0. The van der Waals surface area contributed by atoms with Crippen LogP contribution in [0.1, 0.15) is 41.8 Å². The average molecular weight is 304 g/mol. The fourth-order valence-corrected chi connectivity index (χ4v) is 2.45. The number of hydrogen-bond acceptors (Lipinski definition) is 3. The first-order valence-corrected chi connectivity index (χ1v) is 8.34. The van der Waals surface area contributed by atoms with Crippen LogP contribution in [0.15, 0.2) is 17.0 Å². The van der Waals surface area contributed by atoms with Crippen LogP contribution in [0, 0.1) is 13.8 Å². The summed E-state index contributed by atoms with van der Waals surface area (Å²) in [6.45, 7) is 7.39. The molecule has 0 aliphatic rings. The molecule has 106 valence electrons. The Morgan fingerprint density at radius 1 is 1.37 bits per heavy atom. The summed E-state index contributed by atoms with van der Waals surface area (Å²) >= 11 is 0. The number of rotatable bonds is 4. The Morgan fingerprint density at radius 2 is 1.95 bits per heavy atom. The molecule has 1 aromatic rings. The monoisotopic (exact) mass is 303 g/mol. The van der Waals surface area contributed by atoms with Gasteiger partial charge in [-0.1, -0.05) is 6.92 Å². The van der Waals surface area contributed by atoms with Crippen molar-refractivity contribution < 1.29 is 13.2 Å². The molecule has 0 saturated heterocycles. The van der Waals surface area contributed by atoms with Crippen molar-refractivity contribution in [2.45, 2.75) is 45.1 Å². The number of nitrogens with one attached hydrogen (secondary N) is 1. The van der Waals surface area contributed by atoms with Crippen LogP contribution < -0.4 is 5.32 Å². The Morgan fingerprint density at radius 3 is 2.42 bits per heavy atom. The molecule has 0 heterocycles. The van der Waals surface area contributed by atoms with E-state index in [1.165, 1.54) is 12.1 Å². The molecule has 0 saturated carbocycles. The Labute approximate surface area is 118 Å². The second-order valence-electron chi connectivity index (χ2n) is 4.63. The van der Waals surface area contributed by atoms with Crippen molar-refractivity contribution in [2.75, 3.05) is 0 Å². The fraction of sp³-hybridized carbons (Fsp3) is 0.462. The number of carbonyl (C=O) groups excluding carboxylic acids is 1. The first-order chi connectivity index (χ1) is 8.66. The van der Waals surface area contributed by atoms with Crippen molar-refractivity contribution in [1.29, 1.82) is 0 Å². The zero-order valence-electron chi connectivity index (χ0n) is 11.5. The van der Waals surface area contributed by atoms with Crippen molar-refractivity contribution in [3.63, 3.8) is 0 Å². The molecule has 0 aliphatic heterocycles. The molecule has 1 aromatic carbocycles. The number of amides is 1.